The van der Waals surface area contributed by atoms with Gasteiger partial charge < -0.3 is 35.9 Å². The first-order valence-corrected chi connectivity index (χ1v) is 15.1. The summed E-state index contributed by atoms with van der Waals surface area (Å²) in [5.74, 6) is 0.562. The van der Waals surface area contributed by atoms with E-state index in [1.54, 1.807) is 6.92 Å². The first-order chi connectivity index (χ1) is 19.5. The van der Waals surface area contributed by atoms with Crippen LogP contribution in [0.15, 0.2) is 18.2 Å². The number of halogens is 1. The van der Waals surface area contributed by atoms with Gasteiger partial charge in [0.25, 0.3) is 5.91 Å². The molecule has 4 rings (SSSR count). The lowest BCUT2D eigenvalue weighted by Gasteiger charge is -2.47. The number of nitrogens with zero attached hydrogens (tertiary/aromatic N) is 1. The summed E-state index contributed by atoms with van der Waals surface area (Å²) in [6, 6.07) is 1.83. The van der Waals surface area contributed by atoms with Gasteiger partial charge in [0.05, 0.1) is 22.9 Å². The number of anilines is 1. The van der Waals surface area contributed by atoms with Crippen molar-refractivity contribution in [3.63, 3.8) is 0 Å². The summed E-state index contributed by atoms with van der Waals surface area (Å²) < 4.78 is 6.17. The average Bonchev–Trinajstić information content (AvgIpc) is 3.41. The Hall–Kier alpha value is -2.69. The second-order valence-electron chi connectivity index (χ2n) is 12.3. The molecule has 5 N–H and O–H groups in total. The molecule has 3 fully saturated rings. The smallest absolute Gasteiger partial charge is 0.251 e. The minimum absolute atomic E-state index is 0.116. The Morgan fingerprint density at radius 1 is 1.20 bits per heavy atom. The van der Waals surface area contributed by atoms with Gasteiger partial charge in [0.2, 0.25) is 11.8 Å². The minimum atomic E-state index is -1.35. The highest BCUT2D eigenvalue weighted by atomic mass is 35.5. The number of hydrogen-bond acceptors (Lipinski definition) is 7. The second-order valence-corrected chi connectivity index (χ2v) is 12.7. The lowest BCUT2D eigenvalue weighted by molar-refractivity contribution is -0.199. The third-order valence-electron chi connectivity index (χ3n) is 8.95. The van der Waals surface area contributed by atoms with E-state index in [4.69, 9.17) is 22.1 Å². The van der Waals surface area contributed by atoms with E-state index in [-0.39, 0.29) is 29.0 Å². The number of carbonyl (C=O) groups is 4. The number of likely N-dealkylation sites (tertiary alicyclic amines) is 1. The van der Waals surface area contributed by atoms with Crippen LogP contribution >= 0.6 is 11.6 Å². The number of benzene rings is 1. The van der Waals surface area contributed by atoms with Crippen molar-refractivity contribution in [3.8, 4) is 0 Å². The molecule has 10 nitrogen and oxygen atoms in total. The van der Waals surface area contributed by atoms with Gasteiger partial charge in [-0.2, -0.15) is 0 Å². The molecule has 5 unspecified atom stereocenters. The van der Waals surface area contributed by atoms with Crippen LogP contribution in [0.3, 0.4) is 0 Å². The van der Waals surface area contributed by atoms with Crippen LogP contribution in [0.25, 0.3) is 0 Å². The fourth-order valence-corrected chi connectivity index (χ4v) is 7.26. The maximum absolute atomic E-state index is 13.4. The third kappa shape index (κ3) is 7.40. The normalized spacial score (nSPS) is 29.7. The van der Waals surface area contributed by atoms with Gasteiger partial charge in [-0.15, -0.1) is 0 Å². The summed E-state index contributed by atoms with van der Waals surface area (Å²) in [6.07, 6.45) is 4.48. The number of nitrogens with one attached hydrogen (secondary N) is 2. The number of rotatable bonds is 10. The zero-order valence-corrected chi connectivity index (χ0v) is 24.8. The van der Waals surface area contributed by atoms with E-state index in [0.717, 1.165) is 19.3 Å². The number of aliphatic hydroxyl groups is 1. The van der Waals surface area contributed by atoms with Crippen LogP contribution < -0.4 is 16.4 Å². The van der Waals surface area contributed by atoms with Crippen molar-refractivity contribution < 1.29 is 29.0 Å². The number of aliphatic hydroxyl groups excluding tert-OH is 1. The first-order valence-electron chi connectivity index (χ1n) is 14.7. The summed E-state index contributed by atoms with van der Waals surface area (Å²) in [5.41, 5.74) is 6.31. The van der Waals surface area contributed by atoms with Gasteiger partial charge in [0.1, 0.15) is 18.4 Å². The minimum Gasteiger partial charge on any atom is -0.398 e. The molecular weight excluding hydrogens is 548 g/mol. The van der Waals surface area contributed by atoms with E-state index in [0.29, 0.717) is 49.1 Å². The highest BCUT2D eigenvalue weighted by molar-refractivity contribution is 6.33. The monoisotopic (exact) mass is 590 g/mol. The Labute approximate surface area is 246 Å². The van der Waals surface area contributed by atoms with Crippen molar-refractivity contribution in [2.24, 2.45) is 23.7 Å². The van der Waals surface area contributed by atoms with Gasteiger partial charge in [-0.1, -0.05) is 25.4 Å². The number of nitrogens with two attached hydrogens (primary N) is 1. The van der Waals surface area contributed by atoms with Gasteiger partial charge in [-0.05, 0) is 87.3 Å². The molecule has 3 aliphatic rings. The summed E-state index contributed by atoms with van der Waals surface area (Å²) >= 11 is 6.02. The molecule has 2 aliphatic carbocycles. The van der Waals surface area contributed by atoms with Gasteiger partial charge in [0, 0.05) is 18.5 Å². The highest BCUT2D eigenvalue weighted by Crippen LogP contribution is 2.46. The number of nitrogen functional groups attached to an aromatic ring is 1. The molecule has 2 bridgehead atoms. The van der Waals surface area contributed by atoms with Crippen LogP contribution in [0.2, 0.25) is 5.02 Å². The van der Waals surface area contributed by atoms with E-state index in [9.17, 15) is 24.3 Å². The van der Waals surface area contributed by atoms with Gasteiger partial charge in [-0.25, -0.2) is 0 Å². The largest absolute Gasteiger partial charge is 0.398 e. The van der Waals surface area contributed by atoms with Crippen LogP contribution in [-0.2, 0) is 19.1 Å². The molecule has 1 aliphatic heterocycles. The molecule has 0 radical (unpaired) electrons. The molecule has 1 saturated heterocycles. The SMILES string of the molecule is CC1CC2CC(C)C(O[C@H](O)[C@H](CC=O)NC(=O)[C@@H]3CCCN3C(=O)[C@H](C)NC(=O)c3ccc(N)c(Cl)c3)C(C1)C2. The summed E-state index contributed by atoms with van der Waals surface area (Å²) in [4.78, 5) is 52.2. The van der Waals surface area contributed by atoms with Gasteiger partial charge in [0.15, 0.2) is 6.29 Å². The van der Waals surface area contributed by atoms with Gasteiger partial charge >= 0.3 is 0 Å². The van der Waals surface area contributed by atoms with Crippen LogP contribution in [-0.4, -0.2) is 71.1 Å². The first kappa shape index (κ1) is 31.3. The van der Waals surface area contributed by atoms with Crippen molar-refractivity contribution in [3.05, 3.63) is 28.8 Å². The predicted molar refractivity (Wildman–Crippen MR) is 155 cm³/mol. The highest BCUT2D eigenvalue weighted by Gasteiger charge is 2.43. The molecule has 9 atom stereocenters. The van der Waals surface area contributed by atoms with Crippen molar-refractivity contribution in [2.45, 2.75) is 96.2 Å². The molecule has 1 heterocycles. The predicted octanol–water partition coefficient (Wildman–Crippen LogP) is 2.90. The van der Waals surface area contributed by atoms with E-state index in [2.05, 4.69) is 24.5 Å². The Balaban J connectivity index is 1.36. The van der Waals surface area contributed by atoms with Crippen LogP contribution in [0.4, 0.5) is 5.69 Å². The number of fused-ring (bicyclic) bond motifs is 2. The molecule has 1 aromatic carbocycles. The standard InChI is InChI=1S/C30H43ClN4O6/c1-16-11-19-13-17(2)26(21(12-16)14-19)41-30(40)24(8-10-36)34-28(38)25-5-4-9-35(25)29(39)18(3)33-27(37)20-6-7-23(32)22(31)15-20/h6-7,10,15-19,21,24-26,30,40H,4-5,8-9,11-14,32H2,1-3H3,(H,33,37)(H,34,38)/t16?,17?,18-,19?,21?,24-,25-,26?,30-/m0/s1. The summed E-state index contributed by atoms with van der Waals surface area (Å²) in [6.45, 7) is 6.31. The molecular formula is C30H43ClN4O6. The van der Waals surface area contributed by atoms with Crippen molar-refractivity contribution in [1.29, 1.82) is 0 Å². The number of hydrogen-bond donors (Lipinski definition) is 4. The number of ether oxygens (including phenoxy) is 1. The van der Waals surface area contributed by atoms with E-state index >= 15 is 0 Å². The van der Waals surface area contributed by atoms with Crippen LogP contribution in [0, 0.1) is 23.7 Å². The molecule has 1 aromatic rings. The fraction of sp³-hybridized carbons (Fsp3) is 0.667. The zero-order chi connectivity index (χ0) is 29.8. The molecule has 226 valence electrons. The summed E-state index contributed by atoms with van der Waals surface area (Å²) in [5, 5.41) is 16.7. The van der Waals surface area contributed by atoms with Crippen molar-refractivity contribution >= 4 is 41.3 Å². The molecule has 41 heavy (non-hydrogen) atoms. The van der Waals surface area contributed by atoms with E-state index < -0.39 is 42.1 Å². The van der Waals surface area contributed by atoms with E-state index in [1.165, 1.54) is 29.5 Å². The Morgan fingerprint density at radius 2 is 1.95 bits per heavy atom. The molecule has 11 heteroatoms. The van der Waals surface area contributed by atoms with Crippen LogP contribution in [0.5, 0.6) is 0 Å². The lowest BCUT2D eigenvalue weighted by Crippen LogP contribution is -2.56. The third-order valence-corrected chi connectivity index (χ3v) is 9.27. The quantitative estimate of drug-likeness (QED) is 0.186. The molecule has 3 amide bonds. The van der Waals surface area contributed by atoms with Crippen molar-refractivity contribution in [1.82, 2.24) is 15.5 Å². The van der Waals surface area contributed by atoms with E-state index in [1.807, 2.05) is 0 Å². The average molecular weight is 591 g/mol. The van der Waals surface area contributed by atoms with Gasteiger partial charge in [-0.3, -0.25) is 14.4 Å². The number of amides is 3. The molecule has 2 saturated carbocycles. The number of aldehydes is 1. The lowest BCUT2D eigenvalue weighted by atomic mass is 9.64. The Morgan fingerprint density at radius 3 is 2.66 bits per heavy atom. The maximum atomic E-state index is 13.4. The summed E-state index contributed by atoms with van der Waals surface area (Å²) in [7, 11) is 0. The number of carbonyl (C=O) groups excluding carboxylic acids is 4. The molecule has 0 aromatic heterocycles. The van der Waals surface area contributed by atoms with Crippen molar-refractivity contribution in [2.75, 3.05) is 12.3 Å². The Kier molecular flexibility index (Phi) is 10.3. The maximum Gasteiger partial charge on any atom is 0.251 e. The molecule has 0 spiro atoms. The second kappa shape index (κ2) is 13.5. The fourth-order valence-electron chi connectivity index (χ4n) is 7.08. The zero-order valence-electron chi connectivity index (χ0n) is 24.1. The van der Waals surface area contributed by atoms with Crippen LogP contribution in [0.1, 0.15) is 76.1 Å². The topological polar surface area (TPSA) is 151 Å². The Bertz CT molecular complexity index is 1130.